The van der Waals surface area contributed by atoms with Gasteiger partial charge in [0.2, 0.25) is 0 Å². The third kappa shape index (κ3) is 8.31. The van der Waals surface area contributed by atoms with Crippen LogP contribution in [-0.2, 0) is 17.6 Å². The molecule has 0 unspecified atom stereocenters. The lowest BCUT2D eigenvalue weighted by Gasteiger charge is -2.33. The molecule has 0 amide bonds. The molecule has 1 fully saturated rings. The van der Waals surface area contributed by atoms with Gasteiger partial charge in [-0.25, -0.2) is 0 Å². The summed E-state index contributed by atoms with van der Waals surface area (Å²) in [5.74, 6) is 0.918. The summed E-state index contributed by atoms with van der Waals surface area (Å²) in [5.41, 5.74) is 2.76. The lowest BCUT2D eigenvalue weighted by atomic mass is 10.1. The van der Waals surface area contributed by atoms with Crippen molar-refractivity contribution in [2.75, 3.05) is 39.8 Å². The van der Waals surface area contributed by atoms with Crippen molar-refractivity contribution in [2.45, 2.75) is 58.6 Å². The average molecular weight is 375 g/mol. The molecule has 0 aliphatic carbocycles. The summed E-state index contributed by atoms with van der Waals surface area (Å²) in [6, 6.07) is 9.41. The molecule has 5 heteroatoms. The van der Waals surface area contributed by atoms with Gasteiger partial charge < -0.3 is 20.3 Å². The zero-order valence-electron chi connectivity index (χ0n) is 17.6. The number of piperidine rings is 1. The van der Waals surface area contributed by atoms with E-state index in [0.29, 0.717) is 12.1 Å². The number of nitrogens with one attached hydrogen (secondary N) is 2. The number of likely N-dealkylation sites (tertiary alicyclic amines) is 1. The van der Waals surface area contributed by atoms with E-state index in [1.807, 2.05) is 7.05 Å². The minimum absolute atomic E-state index is 0.322. The zero-order chi connectivity index (χ0) is 19.5. The summed E-state index contributed by atoms with van der Waals surface area (Å²) in [6.07, 6.45) is 4.74. The first kappa shape index (κ1) is 21.7. The van der Waals surface area contributed by atoms with E-state index in [0.717, 1.165) is 64.4 Å². The standard InChI is InChI=1S/C22H38N4O/c1-5-19-6-8-20(9-7-19)10-13-24-22(23-4)25-21-11-14-26(15-12-21)16-17-27-18(2)3/h6-9,18,21H,5,10-17H2,1-4H3,(H2,23,24,25). The normalized spacial score (nSPS) is 16.7. The van der Waals surface area contributed by atoms with Gasteiger partial charge in [-0.2, -0.15) is 0 Å². The molecule has 0 atom stereocenters. The second-order valence-electron chi connectivity index (χ2n) is 7.60. The van der Waals surface area contributed by atoms with Crippen LogP contribution < -0.4 is 10.6 Å². The van der Waals surface area contributed by atoms with E-state index in [-0.39, 0.29) is 0 Å². The van der Waals surface area contributed by atoms with E-state index >= 15 is 0 Å². The van der Waals surface area contributed by atoms with Gasteiger partial charge in [-0.05, 0) is 50.7 Å². The number of guanidine groups is 1. The van der Waals surface area contributed by atoms with E-state index in [9.17, 15) is 0 Å². The SMILES string of the molecule is CCc1ccc(CCNC(=NC)NC2CCN(CCOC(C)C)CC2)cc1. The molecule has 1 aromatic carbocycles. The maximum absolute atomic E-state index is 5.66. The Labute approximate surface area is 165 Å². The van der Waals surface area contributed by atoms with Crippen molar-refractivity contribution in [2.24, 2.45) is 4.99 Å². The van der Waals surface area contributed by atoms with E-state index < -0.39 is 0 Å². The van der Waals surface area contributed by atoms with Crippen LogP contribution in [0.5, 0.6) is 0 Å². The smallest absolute Gasteiger partial charge is 0.191 e. The molecule has 1 saturated heterocycles. The van der Waals surface area contributed by atoms with E-state index in [2.05, 4.69) is 65.6 Å². The highest BCUT2D eigenvalue weighted by Gasteiger charge is 2.19. The molecule has 27 heavy (non-hydrogen) atoms. The van der Waals surface area contributed by atoms with Crippen molar-refractivity contribution in [1.29, 1.82) is 0 Å². The number of aryl methyl sites for hydroxylation is 1. The fourth-order valence-corrected chi connectivity index (χ4v) is 3.37. The first-order valence-electron chi connectivity index (χ1n) is 10.5. The molecule has 0 bridgehead atoms. The maximum atomic E-state index is 5.66. The van der Waals surface area contributed by atoms with Crippen molar-refractivity contribution in [1.82, 2.24) is 15.5 Å². The number of hydrogen-bond donors (Lipinski definition) is 2. The predicted molar refractivity (Wildman–Crippen MR) is 115 cm³/mol. The Morgan fingerprint density at radius 3 is 2.44 bits per heavy atom. The van der Waals surface area contributed by atoms with Gasteiger partial charge in [0.1, 0.15) is 0 Å². The van der Waals surface area contributed by atoms with Crippen LogP contribution in [0.3, 0.4) is 0 Å². The van der Waals surface area contributed by atoms with E-state index in [4.69, 9.17) is 4.74 Å². The van der Waals surface area contributed by atoms with Crippen LogP contribution in [0.25, 0.3) is 0 Å². The monoisotopic (exact) mass is 374 g/mol. The van der Waals surface area contributed by atoms with Crippen molar-refractivity contribution >= 4 is 5.96 Å². The molecule has 0 aromatic heterocycles. The molecule has 0 radical (unpaired) electrons. The quantitative estimate of drug-likeness (QED) is 0.515. The van der Waals surface area contributed by atoms with Gasteiger partial charge in [0.05, 0.1) is 12.7 Å². The Bertz CT molecular complexity index is 548. The van der Waals surface area contributed by atoms with E-state index in [1.54, 1.807) is 0 Å². The average Bonchev–Trinajstić information content (AvgIpc) is 2.68. The van der Waals surface area contributed by atoms with Crippen molar-refractivity contribution in [3.8, 4) is 0 Å². The van der Waals surface area contributed by atoms with Gasteiger partial charge in [0, 0.05) is 39.3 Å². The molecular formula is C22H38N4O. The molecule has 1 aliphatic heterocycles. The maximum Gasteiger partial charge on any atom is 0.191 e. The number of ether oxygens (including phenoxy) is 1. The van der Waals surface area contributed by atoms with Gasteiger partial charge in [0.15, 0.2) is 5.96 Å². The van der Waals surface area contributed by atoms with Crippen molar-refractivity contribution in [3.63, 3.8) is 0 Å². The zero-order valence-corrected chi connectivity index (χ0v) is 17.6. The molecule has 1 aromatic rings. The van der Waals surface area contributed by atoms with E-state index in [1.165, 1.54) is 11.1 Å². The molecule has 5 nitrogen and oxygen atoms in total. The second kappa shape index (κ2) is 12.0. The second-order valence-corrected chi connectivity index (χ2v) is 7.60. The minimum Gasteiger partial charge on any atom is -0.377 e. The number of benzene rings is 1. The molecule has 2 N–H and O–H groups in total. The number of rotatable bonds is 9. The van der Waals surface area contributed by atoms with Crippen LogP contribution in [0.4, 0.5) is 0 Å². The lowest BCUT2D eigenvalue weighted by molar-refractivity contribution is 0.0532. The van der Waals surface area contributed by atoms with Gasteiger partial charge in [-0.1, -0.05) is 31.2 Å². The highest BCUT2D eigenvalue weighted by atomic mass is 16.5. The molecule has 2 rings (SSSR count). The van der Waals surface area contributed by atoms with Crippen molar-refractivity contribution in [3.05, 3.63) is 35.4 Å². The summed E-state index contributed by atoms with van der Waals surface area (Å²) in [7, 11) is 1.85. The molecular weight excluding hydrogens is 336 g/mol. The minimum atomic E-state index is 0.322. The lowest BCUT2D eigenvalue weighted by Crippen LogP contribution is -2.49. The number of hydrogen-bond acceptors (Lipinski definition) is 3. The molecule has 1 aliphatic rings. The molecule has 0 saturated carbocycles. The summed E-state index contributed by atoms with van der Waals surface area (Å²) in [6.45, 7) is 11.4. The fraction of sp³-hybridized carbons (Fsp3) is 0.682. The molecule has 1 heterocycles. The predicted octanol–water partition coefficient (Wildman–Crippen LogP) is 2.85. The van der Waals surface area contributed by atoms with Crippen LogP contribution in [-0.4, -0.2) is 62.8 Å². The largest absolute Gasteiger partial charge is 0.377 e. The number of aliphatic imine (C=N–C) groups is 1. The summed E-state index contributed by atoms with van der Waals surface area (Å²) in [5, 5.41) is 7.04. The molecule has 152 valence electrons. The fourth-order valence-electron chi connectivity index (χ4n) is 3.37. The number of nitrogens with zero attached hydrogens (tertiary/aromatic N) is 2. The van der Waals surface area contributed by atoms with Gasteiger partial charge in [0.25, 0.3) is 0 Å². The Hall–Kier alpha value is -1.59. The highest BCUT2D eigenvalue weighted by molar-refractivity contribution is 5.79. The summed E-state index contributed by atoms with van der Waals surface area (Å²) >= 11 is 0. The van der Waals surface area contributed by atoms with Crippen LogP contribution in [0, 0.1) is 0 Å². The van der Waals surface area contributed by atoms with Crippen LogP contribution in [0.2, 0.25) is 0 Å². The Balaban J connectivity index is 1.63. The van der Waals surface area contributed by atoms with Crippen molar-refractivity contribution < 1.29 is 4.74 Å². The van der Waals surface area contributed by atoms with Crippen LogP contribution in [0.15, 0.2) is 29.3 Å². The van der Waals surface area contributed by atoms with Crippen LogP contribution in [0.1, 0.15) is 44.7 Å². The first-order chi connectivity index (χ1) is 13.1. The van der Waals surface area contributed by atoms with Gasteiger partial charge in [-0.15, -0.1) is 0 Å². The third-order valence-electron chi connectivity index (χ3n) is 5.15. The Morgan fingerprint density at radius 1 is 1.19 bits per heavy atom. The summed E-state index contributed by atoms with van der Waals surface area (Å²) < 4.78 is 5.66. The van der Waals surface area contributed by atoms with Gasteiger partial charge in [-0.3, -0.25) is 4.99 Å². The Morgan fingerprint density at radius 2 is 1.85 bits per heavy atom. The topological polar surface area (TPSA) is 48.9 Å². The van der Waals surface area contributed by atoms with Gasteiger partial charge >= 0.3 is 0 Å². The highest BCUT2D eigenvalue weighted by Crippen LogP contribution is 2.10. The summed E-state index contributed by atoms with van der Waals surface area (Å²) in [4.78, 5) is 6.89. The first-order valence-corrected chi connectivity index (χ1v) is 10.5. The third-order valence-corrected chi connectivity index (χ3v) is 5.15. The van der Waals surface area contributed by atoms with Crippen LogP contribution >= 0.6 is 0 Å². The molecule has 0 spiro atoms. The Kier molecular flexibility index (Phi) is 9.64.